The Bertz CT molecular complexity index is 174. The number of aliphatic imine (C=N–C) groups is 1. The number of amidine groups is 1. The summed E-state index contributed by atoms with van der Waals surface area (Å²) in [7, 11) is 0. The van der Waals surface area contributed by atoms with Gasteiger partial charge in [0.1, 0.15) is 5.84 Å². The van der Waals surface area contributed by atoms with Crippen molar-refractivity contribution < 1.29 is 0 Å². The maximum Gasteiger partial charge on any atom is 0.108 e. The first-order chi connectivity index (χ1) is 6.20. The number of rotatable bonds is 3. The molecule has 2 nitrogen and oxygen atoms in total. The molecular formula is C9H18N2S2. The molecule has 4 heteroatoms. The maximum absolute atomic E-state index is 5.91. The minimum Gasteiger partial charge on any atom is -0.387 e. The molecule has 1 aliphatic rings. The molecule has 0 bridgehead atoms. The minimum absolute atomic E-state index is 0.470. The molecule has 0 spiro atoms. The molecule has 76 valence electrons. The molecule has 1 fully saturated rings. The van der Waals surface area contributed by atoms with Crippen LogP contribution >= 0.6 is 23.5 Å². The third-order valence-corrected chi connectivity index (χ3v) is 4.57. The Labute approximate surface area is 89.1 Å². The van der Waals surface area contributed by atoms with E-state index < -0.39 is 0 Å². The number of hydrogen-bond donors (Lipinski definition) is 1. The fourth-order valence-corrected chi connectivity index (χ4v) is 3.66. The van der Waals surface area contributed by atoms with E-state index in [4.69, 9.17) is 5.73 Å². The van der Waals surface area contributed by atoms with Gasteiger partial charge in [-0.1, -0.05) is 13.8 Å². The predicted octanol–water partition coefficient (Wildman–Crippen LogP) is 1.85. The van der Waals surface area contributed by atoms with E-state index in [1.165, 1.54) is 11.5 Å². The van der Waals surface area contributed by atoms with Crippen molar-refractivity contribution in [2.24, 2.45) is 16.6 Å². The molecule has 0 aromatic carbocycles. The first kappa shape index (κ1) is 11.2. The lowest BCUT2D eigenvalue weighted by atomic mass is 10.2. The van der Waals surface area contributed by atoms with Gasteiger partial charge in [-0.15, -0.1) is 11.8 Å². The predicted molar refractivity (Wildman–Crippen MR) is 64.9 cm³/mol. The van der Waals surface area contributed by atoms with Crippen molar-refractivity contribution in [2.75, 3.05) is 23.8 Å². The van der Waals surface area contributed by atoms with Gasteiger partial charge in [0.25, 0.3) is 0 Å². The third kappa shape index (κ3) is 4.27. The van der Waals surface area contributed by atoms with E-state index in [2.05, 4.69) is 18.8 Å². The van der Waals surface area contributed by atoms with Gasteiger partial charge in [-0.05, 0) is 5.92 Å². The lowest BCUT2D eigenvalue weighted by molar-refractivity contribution is 0.664. The highest BCUT2D eigenvalue weighted by Gasteiger charge is 2.17. The van der Waals surface area contributed by atoms with Crippen LogP contribution in [0.25, 0.3) is 0 Å². The van der Waals surface area contributed by atoms with E-state index in [9.17, 15) is 0 Å². The second-order valence-electron chi connectivity index (χ2n) is 3.59. The van der Waals surface area contributed by atoms with Gasteiger partial charge in [-0.2, -0.15) is 11.8 Å². The van der Waals surface area contributed by atoms with Crippen LogP contribution in [0.5, 0.6) is 0 Å². The van der Waals surface area contributed by atoms with Gasteiger partial charge in [0, 0.05) is 23.8 Å². The van der Waals surface area contributed by atoms with Gasteiger partial charge in [0.05, 0.1) is 5.25 Å². The second-order valence-corrected chi connectivity index (χ2v) is 6.05. The molecule has 0 radical (unpaired) electrons. The lowest BCUT2D eigenvalue weighted by Crippen LogP contribution is -2.31. The summed E-state index contributed by atoms with van der Waals surface area (Å²) >= 11 is 3.93. The largest absolute Gasteiger partial charge is 0.387 e. The molecule has 1 atom stereocenters. The normalized spacial score (nSPS) is 25.2. The Balaban J connectivity index is 2.35. The number of nitrogens with two attached hydrogens (primary N) is 1. The Morgan fingerprint density at radius 3 is 2.85 bits per heavy atom. The van der Waals surface area contributed by atoms with E-state index in [1.54, 1.807) is 0 Å². The maximum atomic E-state index is 5.91. The van der Waals surface area contributed by atoms with Crippen molar-refractivity contribution in [2.45, 2.75) is 19.1 Å². The van der Waals surface area contributed by atoms with Crippen LogP contribution in [0.15, 0.2) is 4.99 Å². The van der Waals surface area contributed by atoms with E-state index >= 15 is 0 Å². The molecule has 0 aromatic rings. The van der Waals surface area contributed by atoms with Gasteiger partial charge >= 0.3 is 0 Å². The summed E-state index contributed by atoms with van der Waals surface area (Å²) in [4.78, 5) is 4.41. The highest BCUT2D eigenvalue weighted by Crippen LogP contribution is 2.23. The summed E-state index contributed by atoms with van der Waals surface area (Å²) in [5, 5.41) is 0.470. The van der Waals surface area contributed by atoms with Crippen LogP contribution in [0.3, 0.4) is 0 Å². The summed E-state index contributed by atoms with van der Waals surface area (Å²) in [5.74, 6) is 5.08. The molecule has 0 aliphatic carbocycles. The second kappa shape index (κ2) is 5.81. The standard InChI is InChI=1S/C9H18N2S2/c1-7(2)5-11-9(10)8-6-12-3-4-13-8/h7-8H,3-6H2,1-2H3,(H2,10,11). The summed E-state index contributed by atoms with van der Waals surface area (Å²) in [6.45, 7) is 5.20. The molecule has 1 saturated heterocycles. The van der Waals surface area contributed by atoms with Crippen LogP contribution in [-0.2, 0) is 0 Å². The summed E-state index contributed by atoms with van der Waals surface area (Å²) in [5.41, 5.74) is 5.91. The van der Waals surface area contributed by atoms with E-state index in [0.29, 0.717) is 11.2 Å². The minimum atomic E-state index is 0.470. The van der Waals surface area contributed by atoms with Crippen LogP contribution in [0.2, 0.25) is 0 Å². The summed E-state index contributed by atoms with van der Waals surface area (Å²) in [6, 6.07) is 0. The van der Waals surface area contributed by atoms with E-state index in [0.717, 1.165) is 18.1 Å². The Hall–Kier alpha value is 0.170. The highest BCUT2D eigenvalue weighted by atomic mass is 32.2. The van der Waals surface area contributed by atoms with Crippen molar-refractivity contribution in [3.63, 3.8) is 0 Å². The van der Waals surface area contributed by atoms with Crippen molar-refractivity contribution >= 4 is 29.4 Å². The molecular weight excluding hydrogens is 200 g/mol. The Morgan fingerprint density at radius 1 is 1.54 bits per heavy atom. The SMILES string of the molecule is CC(C)CN=C(N)C1CSCCS1. The number of nitrogens with zero attached hydrogens (tertiary/aromatic N) is 1. The summed E-state index contributed by atoms with van der Waals surface area (Å²) in [6.07, 6.45) is 0. The van der Waals surface area contributed by atoms with E-state index in [1.807, 2.05) is 23.5 Å². The summed E-state index contributed by atoms with van der Waals surface area (Å²) < 4.78 is 0. The molecule has 1 rings (SSSR count). The van der Waals surface area contributed by atoms with Crippen molar-refractivity contribution in [1.29, 1.82) is 0 Å². The third-order valence-electron chi connectivity index (χ3n) is 1.78. The fraction of sp³-hybridized carbons (Fsp3) is 0.889. The molecule has 2 N–H and O–H groups in total. The van der Waals surface area contributed by atoms with Gasteiger partial charge < -0.3 is 5.73 Å². The van der Waals surface area contributed by atoms with Crippen molar-refractivity contribution in [3.05, 3.63) is 0 Å². The van der Waals surface area contributed by atoms with Gasteiger partial charge in [0.2, 0.25) is 0 Å². The van der Waals surface area contributed by atoms with Crippen molar-refractivity contribution in [3.8, 4) is 0 Å². The molecule has 13 heavy (non-hydrogen) atoms. The molecule has 0 saturated carbocycles. The average Bonchev–Trinajstić information content (AvgIpc) is 2.15. The lowest BCUT2D eigenvalue weighted by Gasteiger charge is -2.20. The van der Waals surface area contributed by atoms with Gasteiger partial charge in [0.15, 0.2) is 0 Å². The van der Waals surface area contributed by atoms with Crippen molar-refractivity contribution in [1.82, 2.24) is 0 Å². The molecule has 1 unspecified atom stereocenters. The molecule has 0 amide bonds. The van der Waals surface area contributed by atoms with E-state index in [-0.39, 0.29) is 0 Å². The first-order valence-corrected chi connectivity index (χ1v) is 6.89. The zero-order valence-electron chi connectivity index (χ0n) is 8.32. The first-order valence-electron chi connectivity index (χ1n) is 4.69. The topological polar surface area (TPSA) is 38.4 Å². The molecule has 1 heterocycles. The fourth-order valence-electron chi connectivity index (χ4n) is 1.05. The van der Waals surface area contributed by atoms with Crippen LogP contribution < -0.4 is 5.73 Å². The Kier molecular flexibility index (Phi) is 5.02. The zero-order valence-corrected chi connectivity index (χ0v) is 9.96. The monoisotopic (exact) mass is 218 g/mol. The number of hydrogen-bond acceptors (Lipinski definition) is 3. The van der Waals surface area contributed by atoms with Gasteiger partial charge in [-0.3, -0.25) is 4.99 Å². The zero-order chi connectivity index (χ0) is 9.68. The van der Waals surface area contributed by atoms with Gasteiger partial charge in [-0.25, -0.2) is 0 Å². The average molecular weight is 218 g/mol. The smallest absolute Gasteiger partial charge is 0.108 e. The Morgan fingerprint density at radius 2 is 2.31 bits per heavy atom. The molecule has 0 aromatic heterocycles. The van der Waals surface area contributed by atoms with Crippen LogP contribution in [0.4, 0.5) is 0 Å². The van der Waals surface area contributed by atoms with Crippen LogP contribution in [-0.4, -0.2) is 34.9 Å². The molecule has 1 aliphatic heterocycles. The van der Waals surface area contributed by atoms with Crippen LogP contribution in [0, 0.1) is 5.92 Å². The highest BCUT2D eigenvalue weighted by molar-refractivity contribution is 8.07. The van der Waals surface area contributed by atoms with Crippen LogP contribution in [0.1, 0.15) is 13.8 Å². The quantitative estimate of drug-likeness (QED) is 0.580. The number of thioether (sulfide) groups is 2.